The first-order valence-electron chi connectivity index (χ1n) is 1.10. The smallest absolute Gasteiger partial charge is 0.269 e. The minimum atomic E-state index is 0. The highest BCUT2D eigenvalue weighted by Crippen LogP contribution is 1.89. The molecule has 104 valence electrons. The molecule has 0 saturated carbocycles. The molecule has 0 spiro atoms. The summed E-state index contributed by atoms with van der Waals surface area (Å²) in [4.78, 5) is 32.2. The van der Waals surface area contributed by atoms with Crippen molar-refractivity contribution < 1.29 is 14.3 Å². The third-order valence-corrected chi connectivity index (χ3v) is 0. The summed E-state index contributed by atoms with van der Waals surface area (Å²) in [5.74, 6) is 0. The summed E-state index contributed by atoms with van der Waals surface area (Å²) in [7, 11) is 0. The number of hydrogen-bond donors (Lipinski definition) is 0. The van der Waals surface area contributed by atoms with Crippen LogP contribution >= 0.6 is 59.8 Å². The molecule has 0 aromatic heterocycles. The summed E-state index contributed by atoms with van der Waals surface area (Å²) >= 11 is 6.39. The van der Waals surface area contributed by atoms with Crippen molar-refractivity contribution in [3.63, 3.8) is 0 Å². The molecule has 0 fully saturated rings. The number of rotatable bonds is 0. The Labute approximate surface area is 131 Å². The average molecular weight is 572 g/mol. The number of carbonyl (C=O) groups excluding carboxylic acids is 2. The van der Waals surface area contributed by atoms with Crippen LogP contribution in [0.4, 0.5) is 4.70 Å². The van der Waals surface area contributed by atoms with Crippen LogP contribution in [0, 0.1) is 9.93 Å². The molecule has 4 nitrogen and oxygen atoms in total. The summed E-state index contributed by atoms with van der Waals surface area (Å²) in [6.45, 7) is 0. The van der Waals surface area contributed by atoms with E-state index in [1.54, 1.807) is 0 Å². The van der Waals surface area contributed by atoms with Gasteiger partial charge in [0, 0.05) is 47.2 Å². The SMILES string of the molecule is C.C.C.C.C.CI.F.II.O=C=O.O=O. The lowest BCUT2D eigenvalue weighted by molar-refractivity contribution is -0.191. The van der Waals surface area contributed by atoms with E-state index in [2.05, 4.69) is 59.8 Å². The Hall–Kier alpha value is 1.10. The maximum absolute atomic E-state index is 8.12. The Morgan fingerprint density at radius 1 is 0.733 bits per heavy atom. The van der Waals surface area contributed by atoms with E-state index in [-0.39, 0.29) is 48.0 Å². The van der Waals surface area contributed by atoms with Crippen LogP contribution in [-0.4, -0.2) is 11.1 Å². The zero-order valence-electron chi connectivity index (χ0n) is 4.68. The van der Waals surface area contributed by atoms with Crippen molar-refractivity contribution in [1.29, 1.82) is 0 Å². The molecule has 0 radical (unpaired) electrons. The first kappa shape index (κ1) is 98.7. The molecule has 0 amide bonds. The minimum Gasteiger partial charge on any atom is -0.269 e. The summed E-state index contributed by atoms with van der Waals surface area (Å²) in [6, 6.07) is 0. The molecule has 0 aromatic rings. The average Bonchev–Trinajstić information content (AvgIpc) is 2.01. The van der Waals surface area contributed by atoms with Gasteiger partial charge >= 0.3 is 6.15 Å². The van der Waals surface area contributed by atoms with Crippen molar-refractivity contribution in [3.8, 4) is 0 Å². The Kier molecular flexibility index (Phi) is 4480. The topological polar surface area (TPSA) is 68.3 Å². The zero-order valence-corrected chi connectivity index (χ0v) is 11.1. The summed E-state index contributed by atoms with van der Waals surface area (Å²) in [6.07, 6.45) is 0.250. The lowest BCUT2D eigenvalue weighted by Gasteiger charge is -1.05. The molecule has 0 unspecified atom stereocenters. The van der Waals surface area contributed by atoms with E-state index in [1.165, 1.54) is 0 Å². The molecule has 0 N–H and O–H groups in total. The van der Waals surface area contributed by atoms with Crippen LogP contribution in [0.1, 0.15) is 37.1 Å². The molecule has 0 saturated heterocycles. The molecule has 0 aromatic carbocycles. The van der Waals surface area contributed by atoms with Crippen LogP contribution in [0.5, 0.6) is 0 Å². The Morgan fingerprint density at radius 3 is 0.733 bits per heavy atom. The van der Waals surface area contributed by atoms with Crippen LogP contribution in [-0.2, 0) is 9.59 Å². The molecule has 8 heteroatoms. The predicted molar refractivity (Wildman–Crippen MR) is 95.9 cm³/mol. The molecule has 0 heterocycles. The summed E-state index contributed by atoms with van der Waals surface area (Å²) < 4.78 is 0. The first-order valence-corrected chi connectivity index (χ1v) is 9.54. The number of alkyl halides is 1. The van der Waals surface area contributed by atoms with Crippen molar-refractivity contribution >= 4 is 66.0 Å². The van der Waals surface area contributed by atoms with E-state index in [0.29, 0.717) is 0 Å². The van der Waals surface area contributed by atoms with Crippen molar-refractivity contribution in [2.75, 3.05) is 4.93 Å². The first-order chi connectivity index (χ1) is 4.41. The van der Waals surface area contributed by atoms with Gasteiger partial charge in [0.1, 0.15) is 0 Å². The van der Waals surface area contributed by atoms with Crippen molar-refractivity contribution in [3.05, 3.63) is 9.93 Å². The van der Waals surface area contributed by atoms with E-state index in [1.807, 2.05) is 4.93 Å². The monoisotopic (exact) mass is 572 g/mol. The maximum atomic E-state index is 8.12. The Bertz CT molecular complexity index is 55.5. The summed E-state index contributed by atoms with van der Waals surface area (Å²) in [5.41, 5.74) is 0. The molecule has 0 aliphatic rings. The van der Waals surface area contributed by atoms with Gasteiger partial charge in [0.25, 0.3) is 0 Å². The van der Waals surface area contributed by atoms with Crippen LogP contribution < -0.4 is 0 Å². The van der Waals surface area contributed by atoms with Gasteiger partial charge in [0.2, 0.25) is 0 Å². The van der Waals surface area contributed by atoms with Crippen LogP contribution in [0.15, 0.2) is 0 Å². The number of halogens is 4. The minimum absolute atomic E-state index is 0. The van der Waals surface area contributed by atoms with Gasteiger partial charge in [-0.05, 0) is 4.93 Å². The molecule has 15 heavy (non-hydrogen) atoms. The Morgan fingerprint density at radius 2 is 0.733 bits per heavy atom. The van der Waals surface area contributed by atoms with E-state index in [0.717, 1.165) is 0 Å². The molecule has 0 aliphatic heterocycles. The normalized spacial score (nSPS) is 1.60. The van der Waals surface area contributed by atoms with Crippen LogP contribution in [0.3, 0.4) is 0 Å². The largest absolute Gasteiger partial charge is 0.373 e. The molecule has 0 rings (SSSR count). The highest BCUT2D eigenvalue weighted by molar-refractivity contribution is 15.0. The van der Waals surface area contributed by atoms with Crippen molar-refractivity contribution in [2.45, 2.75) is 37.1 Å². The molecule has 0 aliphatic carbocycles. The van der Waals surface area contributed by atoms with Gasteiger partial charge in [-0.25, -0.2) is 0 Å². The van der Waals surface area contributed by atoms with Gasteiger partial charge in [0.15, 0.2) is 0 Å². The fourth-order valence-corrected chi connectivity index (χ4v) is 0. The van der Waals surface area contributed by atoms with Crippen LogP contribution in [0.2, 0.25) is 0 Å². The standard InChI is InChI=1S/CH3I.CO2.5CH4.FH.I2.O2/c1-2;2-1-3;;;;;;;2*1-2/h1H3;;5*1H4;1H;;. The third kappa shape index (κ3) is 2140. The van der Waals surface area contributed by atoms with Gasteiger partial charge < -0.3 is 0 Å². The maximum Gasteiger partial charge on any atom is 0.373 e. The van der Waals surface area contributed by atoms with E-state index < -0.39 is 0 Å². The summed E-state index contributed by atoms with van der Waals surface area (Å²) in [5, 5.41) is 0. The van der Waals surface area contributed by atoms with Gasteiger partial charge in [-0.2, -0.15) is 9.59 Å². The lowest BCUT2D eigenvalue weighted by Crippen LogP contribution is -1.22. The van der Waals surface area contributed by atoms with E-state index >= 15 is 0 Å². The Balaban J connectivity index is -0.00000000248. The molecular formula is C7H24FI3O4. The highest BCUT2D eigenvalue weighted by atomic mass is 128. The number of hydrogen-bond acceptors (Lipinski definition) is 4. The quantitative estimate of drug-likeness (QED) is 0.279. The van der Waals surface area contributed by atoms with Gasteiger partial charge in [0.05, 0.1) is 0 Å². The van der Waals surface area contributed by atoms with Gasteiger partial charge in [-0.15, -0.1) is 0 Å². The second kappa shape index (κ2) is 681. The van der Waals surface area contributed by atoms with E-state index in [4.69, 9.17) is 19.5 Å². The van der Waals surface area contributed by atoms with E-state index in [9.17, 15) is 0 Å². The fraction of sp³-hybridized carbons (Fsp3) is 0.857. The highest BCUT2D eigenvalue weighted by Gasteiger charge is 1.13. The second-order valence-corrected chi connectivity index (χ2v) is 0.0833. The molecular weight excluding hydrogens is 548 g/mol. The molecule has 0 bridgehead atoms. The van der Waals surface area contributed by atoms with Gasteiger partial charge in [-0.1, -0.05) is 59.7 Å². The zero-order chi connectivity index (χ0) is 8.71. The van der Waals surface area contributed by atoms with Crippen molar-refractivity contribution in [1.82, 2.24) is 0 Å². The van der Waals surface area contributed by atoms with Crippen LogP contribution in [0.25, 0.3) is 0 Å². The van der Waals surface area contributed by atoms with Crippen molar-refractivity contribution in [2.24, 2.45) is 0 Å². The predicted octanol–water partition coefficient (Wildman–Crippen LogP) is 5.64. The third-order valence-electron chi connectivity index (χ3n) is 0. The molecule has 0 atom stereocenters. The second-order valence-electron chi connectivity index (χ2n) is 0.0833. The fourth-order valence-electron chi connectivity index (χ4n) is 0. The van der Waals surface area contributed by atoms with Gasteiger partial charge in [-0.3, -0.25) is 4.70 Å². The lowest BCUT2D eigenvalue weighted by atomic mass is 11.8.